The number of phenolic OH excluding ortho intramolecular Hbond substituents is 2. The second kappa shape index (κ2) is 9.74. The van der Waals surface area contributed by atoms with Crippen molar-refractivity contribution in [3.63, 3.8) is 0 Å². The minimum atomic E-state index is -0.722. The van der Waals surface area contributed by atoms with Crippen LogP contribution < -0.4 is 15.0 Å². The van der Waals surface area contributed by atoms with Crippen LogP contribution in [0.5, 0.6) is 23.0 Å². The average Bonchev–Trinajstić information content (AvgIpc) is 3.22. The highest BCUT2D eigenvalue weighted by molar-refractivity contribution is 6.03. The number of fused-ring (bicyclic) bond motifs is 1. The molecule has 166 valence electrons. The van der Waals surface area contributed by atoms with Crippen LogP contribution in [0, 0.1) is 0 Å². The van der Waals surface area contributed by atoms with Crippen LogP contribution in [0.3, 0.4) is 0 Å². The standard InChI is InChI=1S/C24H24N2O6/c1-5-7-15(6-2)24(29)32-26-23(18-11-17(14(3)4)19(27)12-20(18)28)25-16-8-9-21-22(10-16)31-13-30-21/h5-12,14,27-28H,1-2,13H2,3-4H3,(H,25,26)/b15-7+. The van der Waals surface area contributed by atoms with Crippen molar-refractivity contribution in [1.29, 1.82) is 0 Å². The highest BCUT2D eigenvalue weighted by Gasteiger charge is 2.19. The maximum absolute atomic E-state index is 12.4. The molecule has 1 aliphatic rings. The molecule has 8 heteroatoms. The zero-order chi connectivity index (χ0) is 23.3. The molecular formula is C24H24N2O6. The van der Waals surface area contributed by atoms with Crippen LogP contribution in [0.2, 0.25) is 0 Å². The van der Waals surface area contributed by atoms with Gasteiger partial charge >= 0.3 is 5.97 Å². The first-order chi connectivity index (χ1) is 15.3. The molecule has 32 heavy (non-hydrogen) atoms. The van der Waals surface area contributed by atoms with Crippen molar-refractivity contribution >= 4 is 17.5 Å². The van der Waals surface area contributed by atoms with Gasteiger partial charge in [0, 0.05) is 12.1 Å². The molecule has 2 aromatic rings. The summed E-state index contributed by atoms with van der Waals surface area (Å²) in [6, 6.07) is 7.83. The number of amidine groups is 1. The number of hydrogen-bond donors (Lipinski definition) is 3. The fraction of sp³-hybridized carbons (Fsp3) is 0.167. The van der Waals surface area contributed by atoms with E-state index in [-0.39, 0.29) is 41.2 Å². The number of hydrogen-bond acceptors (Lipinski definition) is 7. The number of aliphatic imine (C=N–C) groups is 1. The molecule has 2 aromatic carbocycles. The molecule has 0 amide bonds. The fourth-order valence-corrected chi connectivity index (χ4v) is 2.97. The molecule has 0 spiro atoms. The molecule has 0 saturated carbocycles. The second-order valence-corrected chi connectivity index (χ2v) is 7.13. The van der Waals surface area contributed by atoms with E-state index in [2.05, 4.69) is 23.6 Å². The van der Waals surface area contributed by atoms with Gasteiger partial charge in [0.25, 0.3) is 0 Å². The van der Waals surface area contributed by atoms with Crippen LogP contribution in [0.25, 0.3) is 0 Å². The van der Waals surface area contributed by atoms with Crippen molar-refractivity contribution in [1.82, 2.24) is 5.48 Å². The lowest BCUT2D eigenvalue weighted by Crippen LogP contribution is -2.28. The van der Waals surface area contributed by atoms with Crippen molar-refractivity contribution in [2.45, 2.75) is 19.8 Å². The minimum Gasteiger partial charge on any atom is -0.508 e. The van der Waals surface area contributed by atoms with E-state index in [9.17, 15) is 15.0 Å². The van der Waals surface area contributed by atoms with E-state index < -0.39 is 5.97 Å². The first kappa shape index (κ1) is 22.5. The Morgan fingerprint density at radius 1 is 1.16 bits per heavy atom. The van der Waals surface area contributed by atoms with Gasteiger partial charge in [0.15, 0.2) is 17.3 Å². The highest BCUT2D eigenvalue weighted by atomic mass is 16.7. The summed E-state index contributed by atoms with van der Waals surface area (Å²) in [7, 11) is 0. The molecule has 0 unspecified atom stereocenters. The van der Waals surface area contributed by atoms with Crippen molar-refractivity contribution in [3.8, 4) is 23.0 Å². The third-order valence-corrected chi connectivity index (χ3v) is 4.61. The monoisotopic (exact) mass is 436 g/mol. The third-order valence-electron chi connectivity index (χ3n) is 4.61. The van der Waals surface area contributed by atoms with Gasteiger partial charge in [0.05, 0.1) is 16.8 Å². The number of phenols is 2. The lowest BCUT2D eigenvalue weighted by molar-refractivity contribution is -0.142. The molecule has 0 atom stereocenters. The van der Waals surface area contributed by atoms with E-state index >= 15 is 0 Å². The molecule has 0 aliphatic carbocycles. The molecule has 0 saturated heterocycles. The Morgan fingerprint density at radius 2 is 1.91 bits per heavy atom. The number of carbonyl (C=O) groups is 1. The Labute approximate surface area is 185 Å². The smallest absolute Gasteiger partial charge is 0.362 e. The zero-order valence-electron chi connectivity index (χ0n) is 17.8. The summed E-state index contributed by atoms with van der Waals surface area (Å²) in [6.07, 6.45) is 4.20. The zero-order valence-corrected chi connectivity index (χ0v) is 17.8. The number of benzene rings is 2. The van der Waals surface area contributed by atoms with Gasteiger partial charge in [-0.2, -0.15) is 5.48 Å². The van der Waals surface area contributed by atoms with Crippen molar-refractivity contribution in [3.05, 3.63) is 78.4 Å². The van der Waals surface area contributed by atoms with E-state index in [4.69, 9.17) is 14.3 Å². The molecule has 1 aliphatic heterocycles. The average molecular weight is 436 g/mol. The normalized spacial score (nSPS) is 13.1. The lowest BCUT2D eigenvalue weighted by Gasteiger charge is -2.15. The minimum absolute atomic E-state index is 0.0356. The summed E-state index contributed by atoms with van der Waals surface area (Å²) in [5, 5.41) is 20.7. The number of allylic oxidation sites excluding steroid dienone is 2. The molecule has 0 bridgehead atoms. The summed E-state index contributed by atoms with van der Waals surface area (Å²) >= 11 is 0. The molecule has 1 heterocycles. The summed E-state index contributed by atoms with van der Waals surface area (Å²) in [4.78, 5) is 22.0. The third kappa shape index (κ3) is 4.92. The van der Waals surface area contributed by atoms with Crippen LogP contribution in [0.15, 0.2) is 72.3 Å². The molecule has 0 fully saturated rings. The molecule has 8 nitrogen and oxygen atoms in total. The highest BCUT2D eigenvalue weighted by Crippen LogP contribution is 2.36. The number of ether oxygens (including phenoxy) is 2. The maximum atomic E-state index is 12.4. The summed E-state index contributed by atoms with van der Waals surface area (Å²) in [6.45, 7) is 11.0. The fourth-order valence-electron chi connectivity index (χ4n) is 2.97. The molecule has 0 radical (unpaired) electrons. The van der Waals surface area contributed by atoms with Crippen LogP contribution in [-0.4, -0.2) is 28.8 Å². The molecule has 0 aromatic heterocycles. The van der Waals surface area contributed by atoms with Gasteiger partial charge in [-0.25, -0.2) is 9.79 Å². The number of rotatable bonds is 6. The largest absolute Gasteiger partial charge is 0.508 e. The lowest BCUT2D eigenvalue weighted by atomic mass is 9.98. The van der Waals surface area contributed by atoms with Gasteiger partial charge in [-0.1, -0.05) is 39.2 Å². The van der Waals surface area contributed by atoms with Crippen LogP contribution in [0.1, 0.15) is 30.9 Å². The predicted octanol–water partition coefficient (Wildman–Crippen LogP) is 4.37. The number of hydroxylamine groups is 1. The summed E-state index contributed by atoms with van der Waals surface area (Å²) in [5.74, 6) is 0.0859. The first-order valence-electron chi connectivity index (χ1n) is 9.81. The van der Waals surface area contributed by atoms with E-state index in [0.717, 1.165) is 0 Å². The molecular weight excluding hydrogens is 412 g/mol. The van der Waals surface area contributed by atoms with Gasteiger partial charge in [-0.3, -0.25) is 0 Å². The van der Waals surface area contributed by atoms with Crippen LogP contribution in [-0.2, 0) is 9.63 Å². The van der Waals surface area contributed by atoms with Crippen LogP contribution in [0.4, 0.5) is 5.69 Å². The van der Waals surface area contributed by atoms with E-state index in [1.165, 1.54) is 24.3 Å². The Bertz CT molecular complexity index is 1120. The quantitative estimate of drug-likeness (QED) is 0.203. The number of carbonyl (C=O) groups excluding carboxylic acids is 1. The SMILES string of the molecule is C=C/C=C(\C=C)C(=O)ONC(=Nc1ccc2c(c1)OCO2)c1cc(C(C)C)c(O)cc1O. The van der Waals surface area contributed by atoms with Crippen LogP contribution >= 0.6 is 0 Å². The Morgan fingerprint density at radius 3 is 2.59 bits per heavy atom. The Balaban J connectivity index is 2.03. The Hall–Kier alpha value is -4.20. The van der Waals surface area contributed by atoms with Gasteiger partial charge in [-0.05, 0) is 35.8 Å². The van der Waals surface area contributed by atoms with Gasteiger partial charge < -0.3 is 24.5 Å². The van der Waals surface area contributed by atoms with E-state index in [1.807, 2.05) is 13.8 Å². The Kier molecular flexibility index (Phi) is 6.84. The van der Waals surface area contributed by atoms with Gasteiger partial charge in [-0.15, -0.1) is 0 Å². The number of nitrogens with one attached hydrogen (secondary N) is 1. The summed E-state index contributed by atoms with van der Waals surface area (Å²) < 4.78 is 10.7. The van der Waals surface area contributed by atoms with Crippen molar-refractivity contribution < 1.29 is 29.3 Å². The van der Waals surface area contributed by atoms with Crippen molar-refractivity contribution in [2.75, 3.05) is 6.79 Å². The summed E-state index contributed by atoms with van der Waals surface area (Å²) in [5.41, 5.74) is 3.96. The number of nitrogens with zero attached hydrogens (tertiary/aromatic N) is 1. The maximum Gasteiger partial charge on any atom is 0.362 e. The van der Waals surface area contributed by atoms with Crippen molar-refractivity contribution in [2.24, 2.45) is 4.99 Å². The topological polar surface area (TPSA) is 110 Å². The molecule has 3 rings (SSSR count). The first-order valence-corrected chi connectivity index (χ1v) is 9.81. The molecule has 3 N–H and O–H groups in total. The van der Waals surface area contributed by atoms with Gasteiger partial charge in [0.1, 0.15) is 11.5 Å². The van der Waals surface area contributed by atoms with Gasteiger partial charge in [0.2, 0.25) is 6.79 Å². The van der Waals surface area contributed by atoms with E-state index in [0.29, 0.717) is 22.7 Å². The predicted molar refractivity (Wildman–Crippen MR) is 120 cm³/mol. The van der Waals surface area contributed by atoms with E-state index in [1.54, 1.807) is 24.3 Å². The second-order valence-electron chi connectivity index (χ2n) is 7.13. The number of aromatic hydroxyl groups is 2.